The lowest BCUT2D eigenvalue weighted by Gasteiger charge is -2.34. The van der Waals surface area contributed by atoms with E-state index in [9.17, 15) is 1.37 Å². The molecule has 174 valence electrons. The minimum atomic E-state index is -2.30. The second kappa shape index (κ2) is 7.44. The lowest BCUT2D eigenvalue weighted by atomic mass is 9.71. The van der Waals surface area contributed by atoms with Crippen molar-refractivity contribution < 1.29 is 14.5 Å². The number of hydrogen-bond donors (Lipinski definition) is 0. The van der Waals surface area contributed by atoms with E-state index in [-0.39, 0.29) is 16.4 Å². The zero-order valence-corrected chi connectivity index (χ0v) is 21.0. The maximum atomic E-state index is 9.49. The van der Waals surface area contributed by atoms with Crippen LogP contribution >= 0.6 is 0 Å². The minimum Gasteiger partial charge on any atom is -0.436 e. The number of rotatable bonds is 2. The third-order valence-corrected chi connectivity index (χ3v) is 7.35. The van der Waals surface area contributed by atoms with Crippen LogP contribution in [0.5, 0.6) is 0 Å². The maximum absolute atomic E-state index is 9.49. The van der Waals surface area contributed by atoms with Crippen molar-refractivity contribution in [2.75, 3.05) is 0 Å². The SMILES string of the molecule is [2H]C([2H])([2H])c1c[n+](C)c(-c2c(C)ccc3oc4c(C(C)(C)C)ncn4c23)cc1C1([2H])CCC(C)(C)CC1. The van der Waals surface area contributed by atoms with Crippen LogP contribution in [0.15, 0.2) is 35.1 Å². The molecule has 0 atom stereocenters. The topological polar surface area (TPSA) is 34.3 Å². The number of hydrogen-bond acceptors (Lipinski definition) is 2. The molecule has 1 aliphatic rings. The van der Waals surface area contributed by atoms with Crippen molar-refractivity contribution in [3.63, 3.8) is 0 Å². The van der Waals surface area contributed by atoms with E-state index in [1.807, 2.05) is 40.5 Å². The fourth-order valence-electron chi connectivity index (χ4n) is 5.22. The molecule has 0 amide bonds. The highest BCUT2D eigenvalue weighted by Crippen LogP contribution is 2.44. The zero-order valence-electron chi connectivity index (χ0n) is 25.0. The summed E-state index contributed by atoms with van der Waals surface area (Å²) in [4.78, 5) is 4.68. The predicted octanol–water partition coefficient (Wildman–Crippen LogP) is 7.17. The number of benzene rings is 1. The molecule has 3 aromatic heterocycles. The summed E-state index contributed by atoms with van der Waals surface area (Å²) >= 11 is 0. The Labute approximate surface area is 203 Å². The van der Waals surface area contributed by atoms with Crippen molar-refractivity contribution in [1.29, 1.82) is 0 Å². The Morgan fingerprint density at radius 3 is 2.61 bits per heavy atom. The van der Waals surface area contributed by atoms with E-state index in [1.54, 1.807) is 6.20 Å². The standard InChI is InChI=1S/C29H38N3O/c1-18-9-10-23-25(32-17-30-26(27(32)33-23)28(3,4)5)24(18)22-15-21(19(2)16-31(22)8)20-11-13-29(6,7)14-12-20/h9-10,15-17,20H,11-14H2,1-8H3/q+1/i2D3,20D. The molecule has 4 aromatic rings. The van der Waals surface area contributed by atoms with Gasteiger partial charge in [0.15, 0.2) is 11.8 Å². The van der Waals surface area contributed by atoms with Gasteiger partial charge in [-0.2, -0.15) is 0 Å². The largest absolute Gasteiger partial charge is 0.436 e. The summed E-state index contributed by atoms with van der Waals surface area (Å²) in [5.41, 5.74) is 7.05. The second-order valence-corrected chi connectivity index (χ2v) is 11.6. The first kappa shape index (κ1) is 17.8. The van der Waals surface area contributed by atoms with E-state index < -0.39 is 12.7 Å². The van der Waals surface area contributed by atoms with Crippen molar-refractivity contribution >= 4 is 16.8 Å². The lowest BCUT2D eigenvalue weighted by molar-refractivity contribution is -0.660. The number of oxazole rings is 1. The van der Waals surface area contributed by atoms with E-state index in [0.29, 0.717) is 18.4 Å². The highest BCUT2D eigenvalue weighted by molar-refractivity contribution is 5.93. The highest BCUT2D eigenvalue weighted by Gasteiger charge is 2.31. The summed E-state index contributed by atoms with van der Waals surface area (Å²) < 4.78 is 44.6. The number of aromatic nitrogens is 3. The first-order valence-electron chi connectivity index (χ1n) is 14.0. The van der Waals surface area contributed by atoms with Crippen LogP contribution in [0.3, 0.4) is 0 Å². The number of fused-ring (bicyclic) bond motifs is 3. The quantitative estimate of drug-likeness (QED) is 0.305. The van der Waals surface area contributed by atoms with E-state index in [4.69, 9.17) is 8.53 Å². The van der Waals surface area contributed by atoms with Crippen LogP contribution in [0.1, 0.15) is 94.1 Å². The van der Waals surface area contributed by atoms with Gasteiger partial charge >= 0.3 is 0 Å². The molecule has 1 saturated carbocycles. The van der Waals surface area contributed by atoms with Crippen LogP contribution in [0, 0.1) is 19.2 Å². The van der Waals surface area contributed by atoms with Gasteiger partial charge < -0.3 is 4.42 Å². The van der Waals surface area contributed by atoms with Crippen molar-refractivity contribution in [2.24, 2.45) is 12.5 Å². The normalized spacial score (nSPS) is 20.5. The van der Waals surface area contributed by atoms with Gasteiger partial charge in [0.1, 0.15) is 24.6 Å². The van der Waals surface area contributed by atoms with Crippen molar-refractivity contribution in [3.05, 3.63) is 53.1 Å². The van der Waals surface area contributed by atoms with Crippen molar-refractivity contribution in [2.45, 2.75) is 85.4 Å². The fraction of sp³-hybridized carbons (Fsp3) is 0.517. The molecule has 0 bridgehead atoms. The average Bonchev–Trinajstić information content (AvgIpc) is 3.35. The molecule has 0 unspecified atom stereocenters. The smallest absolute Gasteiger partial charge is 0.228 e. The molecule has 0 saturated heterocycles. The van der Waals surface area contributed by atoms with Crippen LogP contribution in [-0.2, 0) is 12.5 Å². The molecular formula is C29H38N3O+. The zero-order chi connectivity index (χ0) is 27.1. The van der Waals surface area contributed by atoms with Gasteiger partial charge in [-0.25, -0.2) is 9.55 Å². The van der Waals surface area contributed by atoms with Crippen LogP contribution in [0.2, 0.25) is 0 Å². The van der Waals surface area contributed by atoms with E-state index in [0.717, 1.165) is 52.2 Å². The molecule has 3 heterocycles. The number of imidazole rings is 1. The molecule has 0 spiro atoms. The molecule has 4 heteroatoms. The number of aryl methyl sites for hydroxylation is 3. The first-order valence-corrected chi connectivity index (χ1v) is 12.0. The summed E-state index contributed by atoms with van der Waals surface area (Å²) in [5, 5.41) is 0. The summed E-state index contributed by atoms with van der Waals surface area (Å²) in [6.45, 7) is 10.6. The van der Waals surface area contributed by atoms with Crippen molar-refractivity contribution in [1.82, 2.24) is 9.38 Å². The molecule has 5 rings (SSSR count). The molecule has 0 radical (unpaired) electrons. The summed E-state index contributed by atoms with van der Waals surface area (Å²) in [5.74, 6) is -0.940. The molecular weight excluding hydrogens is 406 g/mol. The molecule has 1 aromatic carbocycles. The van der Waals surface area contributed by atoms with Gasteiger partial charge in [-0.05, 0) is 68.0 Å². The Bertz CT molecular complexity index is 1510. The van der Waals surface area contributed by atoms with Crippen LogP contribution in [-0.4, -0.2) is 9.38 Å². The first-order chi connectivity index (χ1) is 17.0. The lowest BCUT2D eigenvalue weighted by Crippen LogP contribution is -2.32. The number of pyridine rings is 1. The van der Waals surface area contributed by atoms with Crippen LogP contribution in [0.25, 0.3) is 28.1 Å². The second-order valence-electron chi connectivity index (χ2n) is 11.6. The van der Waals surface area contributed by atoms with E-state index in [1.165, 1.54) is 0 Å². The van der Waals surface area contributed by atoms with Gasteiger partial charge in [0.05, 0.1) is 5.56 Å². The minimum absolute atomic E-state index is 0.170. The monoisotopic (exact) mass is 448 g/mol. The summed E-state index contributed by atoms with van der Waals surface area (Å²) in [6.07, 6.45) is 6.62. The molecule has 33 heavy (non-hydrogen) atoms. The van der Waals surface area contributed by atoms with Crippen LogP contribution < -0.4 is 4.57 Å². The Morgan fingerprint density at radius 1 is 1.21 bits per heavy atom. The Hall–Kier alpha value is -2.62. The number of nitrogens with zero attached hydrogens (tertiary/aromatic N) is 3. The third kappa shape index (κ3) is 3.68. The van der Waals surface area contributed by atoms with Gasteiger partial charge in [-0.3, -0.25) is 4.40 Å². The van der Waals surface area contributed by atoms with Gasteiger partial charge in [0, 0.05) is 22.5 Å². The molecule has 0 N–H and O–H groups in total. The highest BCUT2D eigenvalue weighted by atomic mass is 16.3. The third-order valence-electron chi connectivity index (χ3n) is 7.35. The summed E-state index contributed by atoms with van der Waals surface area (Å²) in [6, 6.07) is 6.00. The van der Waals surface area contributed by atoms with Crippen LogP contribution in [0.4, 0.5) is 0 Å². The molecule has 0 aliphatic heterocycles. The predicted molar refractivity (Wildman–Crippen MR) is 135 cm³/mol. The Morgan fingerprint density at radius 2 is 1.94 bits per heavy atom. The van der Waals surface area contributed by atoms with Gasteiger partial charge in [-0.15, -0.1) is 0 Å². The average molecular weight is 449 g/mol. The van der Waals surface area contributed by atoms with Gasteiger partial charge in [0.2, 0.25) is 11.4 Å². The van der Waals surface area contributed by atoms with Gasteiger partial charge in [-0.1, -0.05) is 40.7 Å². The van der Waals surface area contributed by atoms with E-state index >= 15 is 0 Å². The van der Waals surface area contributed by atoms with Gasteiger partial charge in [0.25, 0.3) is 0 Å². The Kier molecular flexibility index (Phi) is 4.02. The Balaban J connectivity index is 1.80. The molecule has 1 aliphatic carbocycles. The summed E-state index contributed by atoms with van der Waals surface area (Å²) in [7, 11) is 1.89. The molecule has 1 fully saturated rings. The fourth-order valence-corrected chi connectivity index (χ4v) is 5.22. The van der Waals surface area contributed by atoms with Crippen molar-refractivity contribution in [3.8, 4) is 11.3 Å². The maximum Gasteiger partial charge on any atom is 0.228 e. The van der Waals surface area contributed by atoms with E-state index in [2.05, 4.69) is 46.5 Å². The molecule has 4 nitrogen and oxygen atoms in total.